The molecule has 1 aromatic carbocycles. The van der Waals surface area contributed by atoms with Crippen LogP contribution in [0.15, 0.2) is 36.9 Å². The number of nitrogens with zero attached hydrogens (tertiary/aromatic N) is 2. The van der Waals surface area contributed by atoms with Gasteiger partial charge < -0.3 is 20.3 Å². The first kappa shape index (κ1) is 34.3. The summed E-state index contributed by atoms with van der Waals surface area (Å²) in [6.45, 7) is 4.41. The molecule has 3 aliphatic heterocycles. The largest absolute Gasteiger partial charge is 0.444 e. The lowest BCUT2D eigenvalue weighted by atomic mass is 9.96. The minimum Gasteiger partial charge on any atom is -0.444 e. The maximum atomic E-state index is 14.5. The number of amides is 5. The van der Waals surface area contributed by atoms with Gasteiger partial charge in [0.25, 0.3) is 5.91 Å². The van der Waals surface area contributed by atoms with Crippen molar-refractivity contribution in [1.29, 1.82) is 0 Å². The molecule has 7 rings (SSSR count). The fourth-order valence-electron chi connectivity index (χ4n) is 8.03. The minimum atomic E-state index is -3.88. The third-order valence-electron chi connectivity index (χ3n) is 11.2. The van der Waals surface area contributed by atoms with E-state index >= 15 is 0 Å². The summed E-state index contributed by atoms with van der Waals surface area (Å²) in [5.41, 5.74) is 1.49. The summed E-state index contributed by atoms with van der Waals surface area (Å²) in [4.78, 5) is 71.8. The highest BCUT2D eigenvalue weighted by atomic mass is 32.2. The zero-order valence-electron chi connectivity index (χ0n) is 28.1. The molecular weight excluding hydrogens is 662 g/mol. The second kappa shape index (κ2) is 13.5. The highest BCUT2D eigenvalue weighted by Gasteiger charge is 2.62. The molecule has 6 aliphatic rings. The van der Waals surface area contributed by atoms with Crippen molar-refractivity contribution in [2.75, 3.05) is 6.54 Å². The Labute approximate surface area is 292 Å². The Bertz CT molecular complexity index is 1730. The molecule has 4 fully saturated rings. The number of hydrogen-bond acceptors (Lipinski definition) is 8. The normalized spacial score (nSPS) is 30.3. The molecule has 0 radical (unpaired) electrons. The number of carbonyl (C=O) groups is 5. The molecule has 3 N–H and O–H groups in total. The lowest BCUT2D eigenvalue weighted by Gasteiger charge is -2.32. The van der Waals surface area contributed by atoms with Crippen molar-refractivity contribution >= 4 is 45.8 Å². The molecule has 5 atom stereocenters. The average Bonchev–Trinajstić information content (AvgIpc) is 3.86. The summed E-state index contributed by atoms with van der Waals surface area (Å²) in [7, 11) is -3.88. The number of rotatable bonds is 7. The molecular formula is C36H45N5O8S. The third-order valence-corrected chi connectivity index (χ3v) is 13.0. The quantitative estimate of drug-likeness (QED) is 0.363. The van der Waals surface area contributed by atoms with Gasteiger partial charge in [-0.15, -0.1) is 6.58 Å². The highest BCUT2D eigenvalue weighted by Crippen LogP contribution is 2.45. The van der Waals surface area contributed by atoms with Crippen molar-refractivity contribution in [1.82, 2.24) is 25.2 Å². The first-order chi connectivity index (χ1) is 24.0. The smallest absolute Gasteiger partial charge is 0.410 e. The molecule has 14 heteroatoms. The molecule has 3 saturated carbocycles. The van der Waals surface area contributed by atoms with Gasteiger partial charge in [-0.2, -0.15) is 0 Å². The molecule has 0 unspecified atom stereocenters. The van der Waals surface area contributed by atoms with E-state index in [2.05, 4.69) is 21.9 Å². The number of benzene rings is 1. The van der Waals surface area contributed by atoms with E-state index < -0.39 is 68.7 Å². The number of nitrogens with one attached hydrogen (secondary N) is 3. The van der Waals surface area contributed by atoms with Crippen LogP contribution in [0, 0.1) is 11.8 Å². The van der Waals surface area contributed by atoms with Gasteiger partial charge in [0.1, 0.15) is 23.7 Å². The summed E-state index contributed by atoms with van der Waals surface area (Å²) < 4.78 is 33.4. The molecule has 1 saturated heterocycles. The molecule has 0 aromatic heterocycles. The summed E-state index contributed by atoms with van der Waals surface area (Å²) in [5, 5.41) is 5.14. The second-order valence-electron chi connectivity index (χ2n) is 14.7. The van der Waals surface area contributed by atoms with Crippen LogP contribution in [0.25, 0.3) is 6.08 Å². The van der Waals surface area contributed by atoms with Gasteiger partial charge in [-0.25, -0.2) is 13.2 Å². The van der Waals surface area contributed by atoms with Gasteiger partial charge in [0.15, 0.2) is 0 Å². The van der Waals surface area contributed by atoms with Crippen molar-refractivity contribution < 1.29 is 37.1 Å². The van der Waals surface area contributed by atoms with Crippen LogP contribution < -0.4 is 15.4 Å². The molecule has 3 heterocycles. The van der Waals surface area contributed by atoms with Gasteiger partial charge in [-0.3, -0.25) is 28.8 Å². The molecule has 50 heavy (non-hydrogen) atoms. The predicted molar refractivity (Wildman–Crippen MR) is 182 cm³/mol. The topological polar surface area (TPSA) is 171 Å². The summed E-state index contributed by atoms with van der Waals surface area (Å²) >= 11 is 0. The van der Waals surface area contributed by atoms with Crippen molar-refractivity contribution in [3.63, 3.8) is 0 Å². The summed E-state index contributed by atoms with van der Waals surface area (Å²) in [5.74, 6) is -2.80. The highest BCUT2D eigenvalue weighted by molar-refractivity contribution is 7.91. The zero-order valence-corrected chi connectivity index (χ0v) is 28.9. The van der Waals surface area contributed by atoms with E-state index in [1.165, 1.54) is 11.0 Å². The van der Waals surface area contributed by atoms with Crippen LogP contribution >= 0.6 is 0 Å². The Kier molecular flexibility index (Phi) is 9.25. The SMILES string of the molecule is C=C[C@@H]1C[C@]1(NC(=O)[C@@H]1C[C@@H]2CN1C(=O)[C@H](C1CCCC1)NC(=O)CCCC=Cc1cccc3c1CN(C3)C(=O)O2)C(=O)NS(=O)(=O)C1CC1. The molecule has 0 spiro atoms. The molecule has 13 nitrogen and oxygen atoms in total. The van der Waals surface area contributed by atoms with Crippen LogP contribution in [0.3, 0.4) is 0 Å². The van der Waals surface area contributed by atoms with Crippen LogP contribution in [0.4, 0.5) is 4.79 Å². The maximum absolute atomic E-state index is 14.5. The average molecular weight is 708 g/mol. The van der Waals surface area contributed by atoms with E-state index in [9.17, 15) is 32.4 Å². The Morgan fingerprint density at radius 1 is 1.06 bits per heavy atom. The monoisotopic (exact) mass is 707 g/mol. The fraction of sp³-hybridized carbons (Fsp3) is 0.583. The first-order valence-corrected chi connectivity index (χ1v) is 19.4. The lowest BCUT2D eigenvalue weighted by Crippen LogP contribution is -2.59. The van der Waals surface area contributed by atoms with Crippen LogP contribution in [0.5, 0.6) is 0 Å². The molecule has 3 aliphatic carbocycles. The minimum absolute atomic E-state index is 0.0275. The predicted octanol–water partition coefficient (Wildman–Crippen LogP) is 2.65. The van der Waals surface area contributed by atoms with Crippen LogP contribution in [0.2, 0.25) is 0 Å². The van der Waals surface area contributed by atoms with E-state index in [0.29, 0.717) is 38.8 Å². The van der Waals surface area contributed by atoms with E-state index in [4.69, 9.17) is 4.74 Å². The summed E-state index contributed by atoms with van der Waals surface area (Å²) in [6, 6.07) is 3.92. The second-order valence-corrected chi connectivity index (χ2v) is 16.6. The number of hydrogen-bond donors (Lipinski definition) is 3. The van der Waals surface area contributed by atoms with Crippen molar-refractivity contribution in [2.24, 2.45) is 11.8 Å². The zero-order chi connectivity index (χ0) is 35.2. The van der Waals surface area contributed by atoms with E-state index in [0.717, 1.165) is 42.4 Å². The first-order valence-electron chi connectivity index (χ1n) is 17.8. The Morgan fingerprint density at radius 2 is 1.84 bits per heavy atom. The number of sulfonamides is 1. The molecule has 4 bridgehead atoms. The van der Waals surface area contributed by atoms with Gasteiger partial charge in [-0.05, 0) is 67.6 Å². The van der Waals surface area contributed by atoms with Crippen LogP contribution in [-0.4, -0.2) is 83.5 Å². The van der Waals surface area contributed by atoms with Crippen LogP contribution in [0.1, 0.15) is 87.3 Å². The number of carbonyl (C=O) groups excluding carboxylic acids is 5. The number of fused-ring (bicyclic) bond motifs is 3. The van der Waals surface area contributed by atoms with Crippen molar-refractivity contribution in [3.05, 3.63) is 53.6 Å². The van der Waals surface area contributed by atoms with E-state index in [-0.39, 0.29) is 37.6 Å². The lowest BCUT2D eigenvalue weighted by molar-refractivity contribution is -0.143. The Hall–Kier alpha value is -4.20. The summed E-state index contributed by atoms with van der Waals surface area (Å²) in [6.07, 6.45) is 10.0. The Balaban J connectivity index is 1.16. The van der Waals surface area contributed by atoms with E-state index in [1.54, 1.807) is 4.90 Å². The van der Waals surface area contributed by atoms with E-state index in [1.807, 2.05) is 30.4 Å². The standard InChI is InChI=1S/C36H45N5O8S/c1-2-25-18-36(25,34(45)39-50(47,48)27-15-16-27)38-32(43)29-17-26-20-41(29)33(44)31(23-10-6-7-11-23)37-30(42)14-5-3-4-9-22-12-8-13-24-19-40(21-28(22)24)35(46)49-26/h2,4,8-9,12-13,23,25-27,29,31H,1,3,5-7,10-11,14-21H2,(H,37,42)(H,38,43)(H,39,45)/t25-,26-,29+,31+,36-/m1/s1. The van der Waals surface area contributed by atoms with Gasteiger partial charge >= 0.3 is 6.09 Å². The molecule has 5 amide bonds. The third kappa shape index (κ3) is 6.78. The number of allylic oxidation sites excluding steroid dienone is 1. The number of ether oxygens (including phenoxy) is 1. The van der Waals surface area contributed by atoms with Gasteiger partial charge in [0.05, 0.1) is 18.3 Å². The van der Waals surface area contributed by atoms with Crippen molar-refractivity contribution in [2.45, 2.75) is 113 Å². The van der Waals surface area contributed by atoms with Gasteiger partial charge in [0.2, 0.25) is 27.7 Å². The van der Waals surface area contributed by atoms with Gasteiger partial charge in [0, 0.05) is 25.3 Å². The van der Waals surface area contributed by atoms with Crippen molar-refractivity contribution in [3.8, 4) is 0 Å². The molecule has 1 aromatic rings. The Morgan fingerprint density at radius 3 is 2.56 bits per heavy atom. The maximum Gasteiger partial charge on any atom is 0.410 e. The van der Waals surface area contributed by atoms with Crippen LogP contribution in [-0.2, 0) is 47.0 Å². The molecule has 268 valence electrons. The van der Waals surface area contributed by atoms with Gasteiger partial charge in [-0.1, -0.05) is 49.3 Å². The fourth-order valence-corrected chi connectivity index (χ4v) is 9.40.